The van der Waals surface area contributed by atoms with Crippen molar-refractivity contribution in [3.05, 3.63) is 243 Å². The van der Waals surface area contributed by atoms with Crippen LogP contribution in [-0.2, 0) is 0 Å². The average Bonchev–Trinajstić information content (AvgIpc) is 3.69. The summed E-state index contributed by atoms with van der Waals surface area (Å²) in [5.41, 5.74) is 14.0. The molecule has 11 aromatic carbocycles. The predicted molar refractivity (Wildman–Crippen MR) is 264 cm³/mol. The van der Waals surface area contributed by atoms with Crippen LogP contribution < -0.4 is 4.90 Å². The molecule has 0 aliphatic heterocycles. The van der Waals surface area contributed by atoms with E-state index in [9.17, 15) is 0 Å². The van der Waals surface area contributed by atoms with Crippen molar-refractivity contribution >= 4 is 71.2 Å². The molecule has 0 saturated heterocycles. The molecule has 1 heterocycles. The van der Waals surface area contributed by atoms with Crippen LogP contribution in [0.3, 0.4) is 0 Å². The van der Waals surface area contributed by atoms with Crippen LogP contribution in [0.4, 0.5) is 17.1 Å². The maximum Gasteiger partial charge on any atom is 0.0619 e. The lowest BCUT2D eigenvalue weighted by Gasteiger charge is -2.27. The minimum absolute atomic E-state index is 1.09. The summed E-state index contributed by atoms with van der Waals surface area (Å²) in [6.07, 6.45) is 0. The molecule has 2 nitrogen and oxygen atoms in total. The fraction of sp³-hybridized carbons (Fsp3) is 0. The first-order valence-electron chi connectivity index (χ1n) is 21.3. The van der Waals surface area contributed by atoms with E-state index in [0.29, 0.717) is 0 Å². The fourth-order valence-electron chi connectivity index (χ4n) is 9.67. The van der Waals surface area contributed by atoms with Crippen LogP contribution in [0.5, 0.6) is 0 Å². The Bertz CT molecular complexity index is 3620. The van der Waals surface area contributed by atoms with E-state index >= 15 is 0 Å². The maximum atomic E-state index is 2.47. The van der Waals surface area contributed by atoms with E-state index in [0.717, 1.165) is 28.3 Å². The van der Waals surface area contributed by atoms with Crippen molar-refractivity contribution in [1.29, 1.82) is 0 Å². The third-order valence-corrected chi connectivity index (χ3v) is 12.6. The normalized spacial score (nSPS) is 11.5. The minimum atomic E-state index is 1.09. The van der Waals surface area contributed by atoms with Crippen molar-refractivity contribution in [3.8, 4) is 39.1 Å². The molecule has 0 aliphatic rings. The highest BCUT2D eigenvalue weighted by Gasteiger charge is 2.19. The largest absolute Gasteiger partial charge is 0.310 e. The van der Waals surface area contributed by atoms with E-state index in [1.165, 1.54) is 81.9 Å². The lowest BCUT2D eigenvalue weighted by Crippen LogP contribution is -2.10. The molecular formula is C60H40N2. The summed E-state index contributed by atoms with van der Waals surface area (Å²) < 4.78 is 2.47. The van der Waals surface area contributed by atoms with Crippen LogP contribution in [-0.4, -0.2) is 4.57 Å². The summed E-state index contributed by atoms with van der Waals surface area (Å²) >= 11 is 0. The number of benzene rings is 11. The van der Waals surface area contributed by atoms with Crippen molar-refractivity contribution < 1.29 is 0 Å². The van der Waals surface area contributed by atoms with E-state index in [1.807, 2.05) is 0 Å². The van der Waals surface area contributed by atoms with Gasteiger partial charge in [-0.3, -0.25) is 0 Å². The highest BCUT2D eigenvalue weighted by atomic mass is 15.1. The Morgan fingerprint density at radius 3 is 1.65 bits per heavy atom. The molecule has 0 amide bonds. The summed E-state index contributed by atoms with van der Waals surface area (Å²) in [4.78, 5) is 2.39. The zero-order chi connectivity index (χ0) is 41.0. The Hall–Kier alpha value is -8.20. The first-order chi connectivity index (χ1) is 30.8. The quantitative estimate of drug-likeness (QED) is 0.146. The minimum Gasteiger partial charge on any atom is -0.310 e. The third kappa shape index (κ3) is 5.96. The van der Waals surface area contributed by atoms with Crippen molar-refractivity contribution in [2.24, 2.45) is 0 Å². The molecular weight excluding hydrogens is 749 g/mol. The molecule has 62 heavy (non-hydrogen) atoms. The topological polar surface area (TPSA) is 8.17 Å². The summed E-state index contributed by atoms with van der Waals surface area (Å²) in [5.74, 6) is 0. The van der Waals surface area contributed by atoms with Gasteiger partial charge in [0, 0.05) is 38.8 Å². The molecule has 0 aliphatic carbocycles. The van der Waals surface area contributed by atoms with Crippen LogP contribution in [0.25, 0.3) is 93.2 Å². The van der Waals surface area contributed by atoms with Gasteiger partial charge >= 0.3 is 0 Å². The smallest absolute Gasteiger partial charge is 0.0619 e. The number of aromatic nitrogens is 1. The second-order valence-corrected chi connectivity index (χ2v) is 16.1. The highest BCUT2D eigenvalue weighted by Crippen LogP contribution is 2.43. The molecule has 12 rings (SSSR count). The molecule has 0 N–H and O–H groups in total. The first kappa shape index (κ1) is 35.7. The lowest BCUT2D eigenvalue weighted by molar-refractivity contribution is 1.19. The zero-order valence-corrected chi connectivity index (χ0v) is 34.0. The Kier molecular flexibility index (Phi) is 8.53. The van der Waals surface area contributed by atoms with E-state index in [-0.39, 0.29) is 0 Å². The second kappa shape index (κ2) is 14.8. The molecule has 0 saturated carbocycles. The number of fused-ring (bicyclic) bond motifs is 8. The van der Waals surface area contributed by atoms with Crippen LogP contribution in [0.1, 0.15) is 0 Å². The fourth-order valence-corrected chi connectivity index (χ4v) is 9.67. The van der Waals surface area contributed by atoms with Gasteiger partial charge < -0.3 is 9.47 Å². The third-order valence-electron chi connectivity index (χ3n) is 12.6. The molecule has 2 heteroatoms. The van der Waals surface area contributed by atoms with Gasteiger partial charge in [-0.1, -0.05) is 188 Å². The van der Waals surface area contributed by atoms with Crippen molar-refractivity contribution in [3.63, 3.8) is 0 Å². The van der Waals surface area contributed by atoms with Gasteiger partial charge in [-0.05, 0) is 109 Å². The van der Waals surface area contributed by atoms with Crippen LogP contribution >= 0.6 is 0 Å². The van der Waals surface area contributed by atoms with Gasteiger partial charge in [0.05, 0.1) is 16.7 Å². The van der Waals surface area contributed by atoms with Gasteiger partial charge in [0.25, 0.3) is 0 Å². The van der Waals surface area contributed by atoms with Crippen LogP contribution in [0, 0.1) is 0 Å². The van der Waals surface area contributed by atoms with E-state index in [4.69, 9.17) is 0 Å². The molecule has 1 aromatic heterocycles. The molecule has 0 atom stereocenters. The Balaban J connectivity index is 1.00. The van der Waals surface area contributed by atoms with Gasteiger partial charge in [-0.25, -0.2) is 0 Å². The zero-order valence-electron chi connectivity index (χ0n) is 34.0. The number of nitrogens with zero attached hydrogens (tertiary/aromatic N) is 2. The number of hydrogen-bond acceptors (Lipinski definition) is 1. The van der Waals surface area contributed by atoms with E-state index in [1.54, 1.807) is 0 Å². The summed E-state index contributed by atoms with van der Waals surface area (Å²) in [5, 5.41) is 10.0. The van der Waals surface area contributed by atoms with Crippen molar-refractivity contribution in [2.45, 2.75) is 0 Å². The Morgan fingerprint density at radius 1 is 0.274 bits per heavy atom. The Labute approximate surface area is 360 Å². The predicted octanol–water partition coefficient (Wildman–Crippen LogP) is 16.7. The number of para-hydroxylation sites is 2. The molecule has 290 valence electrons. The monoisotopic (exact) mass is 788 g/mol. The Morgan fingerprint density at radius 2 is 0.855 bits per heavy atom. The van der Waals surface area contributed by atoms with Gasteiger partial charge in [-0.2, -0.15) is 0 Å². The number of anilines is 3. The maximum absolute atomic E-state index is 2.47. The molecule has 0 unspecified atom stereocenters. The van der Waals surface area contributed by atoms with E-state index < -0.39 is 0 Å². The highest BCUT2D eigenvalue weighted by molar-refractivity contribution is 6.19. The molecule has 12 aromatic rings. The van der Waals surface area contributed by atoms with Gasteiger partial charge in [0.1, 0.15) is 0 Å². The SMILES string of the molecule is c1ccc(-c2ccc(N(c3ccc(-c4ccccc4-n4c5ccccc5c5ccc6ccccc6c54)cc3)c3cccc(-c4cc5ccccc5c5ccccc45)c3)cc2)cc1. The average molecular weight is 789 g/mol. The first-order valence-corrected chi connectivity index (χ1v) is 21.3. The number of rotatable bonds is 7. The van der Waals surface area contributed by atoms with Crippen LogP contribution in [0.2, 0.25) is 0 Å². The summed E-state index contributed by atoms with van der Waals surface area (Å²) in [6.45, 7) is 0. The molecule has 0 radical (unpaired) electrons. The standard InChI is InChI=1S/C60H40N2/c1-2-15-41(16-3-1)42-29-34-47(35-30-42)61(49-20-14-19-45(39-49)57-40-46-18-5-6-21-50(46)53-24-8-9-25-54(53)57)48-36-31-44(32-37-48)51-22-10-12-27-58(51)62-59-28-13-11-26-55(59)56-38-33-43-17-4-7-23-52(43)60(56)62/h1-40H. The summed E-state index contributed by atoms with van der Waals surface area (Å²) in [6, 6.07) is 88.4. The second-order valence-electron chi connectivity index (χ2n) is 16.1. The van der Waals surface area contributed by atoms with Gasteiger partial charge in [0.2, 0.25) is 0 Å². The van der Waals surface area contributed by atoms with Gasteiger partial charge in [-0.15, -0.1) is 0 Å². The number of hydrogen-bond donors (Lipinski definition) is 0. The van der Waals surface area contributed by atoms with E-state index in [2.05, 4.69) is 252 Å². The van der Waals surface area contributed by atoms with Gasteiger partial charge in [0.15, 0.2) is 0 Å². The molecule has 0 spiro atoms. The van der Waals surface area contributed by atoms with Crippen molar-refractivity contribution in [2.75, 3.05) is 4.90 Å². The molecule has 0 fully saturated rings. The lowest BCUT2D eigenvalue weighted by atomic mass is 9.93. The van der Waals surface area contributed by atoms with Crippen LogP contribution in [0.15, 0.2) is 243 Å². The summed E-state index contributed by atoms with van der Waals surface area (Å²) in [7, 11) is 0. The molecule has 0 bridgehead atoms. The van der Waals surface area contributed by atoms with Crippen molar-refractivity contribution in [1.82, 2.24) is 4.57 Å².